The topological polar surface area (TPSA) is 105 Å². The van der Waals surface area contributed by atoms with Crippen molar-refractivity contribution >= 4 is 27.5 Å². The number of anilines is 1. The molecule has 38 heavy (non-hydrogen) atoms. The van der Waals surface area contributed by atoms with Gasteiger partial charge in [-0.05, 0) is 61.2 Å². The molecule has 0 aliphatic heterocycles. The molecule has 1 N–H and O–H groups in total. The molecule has 0 aliphatic carbocycles. The molecule has 0 radical (unpaired) electrons. The summed E-state index contributed by atoms with van der Waals surface area (Å²) < 4.78 is 36.7. The van der Waals surface area contributed by atoms with Crippen molar-refractivity contribution in [3.63, 3.8) is 0 Å². The summed E-state index contributed by atoms with van der Waals surface area (Å²) >= 11 is 0. The Kier molecular flexibility index (Phi) is 12.4. The van der Waals surface area contributed by atoms with Gasteiger partial charge in [-0.1, -0.05) is 32.4 Å². The quantitative estimate of drug-likeness (QED) is 0.319. The van der Waals surface area contributed by atoms with Gasteiger partial charge in [0, 0.05) is 26.1 Å². The normalized spacial score (nSPS) is 11.9. The number of sulfonamides is 1. The second kappa shape index (κ2) is 15.2. The van der Waals surface area contributed by atoms with Crippen LogP contribution in [0.2, 0.25) is 0 Å². The fourth-order valence-electron chi connectivity index (χ4n) is 4.11. The Morgan fingerprint density at radius 3 is 2.00 bits per heavy atom. The molecule has 210 valence electrons. The van der Waals surface area contributed by atoms with Gasteiger partial charge in [-0.2, -0.15) is 0 Å². The van der Waals surface area contributed by atoms with Crippen LogP contribution in [0.5, 0.6) is 11.5 Å². The molecule has 0 fully saturated rings. The number of methoxy groups -OCH3 is 2. The molecule has 10 heteroatoms. The van der Waals surface area contributed by atoms with Crippen LogP contribution in [0.3, 0.4) is 0 Å². The zero-order valence-electron chi connectivity index (χ0n) is 23.1. The number of ether oxygens (including phenoxy) is 2. The van der Waals surface area contributed by atoms with Crippen LogP contribution in [-0.4, -0.2) is 64.7 Å². The molecule has 0 aliphatic rings. The first-order valence-corrected chi connectivity index (χ1v) is 14.8. The zero-order chi connectivity index (χ0) is 28.1. The van der Waals surface area contributed by atoms with E-state index in [-0.39, 0.29) is 31.3 Å². The Balaban J connectivity index is 2.19. The number of carbonyl (C=O) groups excluding carboxylic acids is 2. The molecule has 0 aromatic heterocycles. The summed E-state index contributed by atoms with van der Waals surface area (Å²) in [5.74, 6) is 0.935. The van der Waals surface area contributed by atoms with Crippen LogP contribution in [-0.2, 0) is 26.2 Å². The first-order chi connectivity index (χ1) is 18.1. The Labute approximate surface area is 227 Å². The molecular formula is C28H41N3O6S. The van der Waals surface area contributed by atoms with Gasteiger partial charge in [0.2, 0.25) is 21.8 Å². The molecule has 0 saturated carbocycles. The summed E-state index contributed by atoms with van der Waals surface area (Å²) in [4.78, 5) is 28.1. The molecule has 0 heterocycles. The Morgan fingerprint density at radius 1 is 0.921 bits per heavy atom. The number of unbranched alkanes of at least 4 members (excludes halogenated alkanes) is 1. The Bertz CT molecular complexity index is 1120. The van der Waals surface area contributed by atoms with Crippen molar-refractivity contribution in [3.8, 4) is 11.5 Å². The summed E-state index contributed by atoms with van der Waals surface area (Å²) in [5.41, 5.74) is 1.37. The van der Waals surface area contributed by atoms with Crippen LogP contribution in [0.15, 0.2) is 48.5 Å². The summed E-state index contributed by atoms with van der Waals surface area (Å²) in [6.45, 7) is 4.88. The van der Waals surface area contributed by atoms with Crippen LogP contribution < -0.4 is 19.1 Å². The van der Waals surface area contributed by atoms with E-state index < -0.39 is 16.1 Å². The van der Waals surface area contributed by atoms with Gasteiger partial charge in [-0.25, -0.2) is 8.42 Å². The molecular weight excluding hydrogens is 506 g/mol. The van der Waals surface area contributed by atoms with E-state index in [4.69, 9.17) is 9.47 Å². The molecule has 0 saturated heterocycles. The molecule has 0 bridgehead atoms. The number of rotatable bonds is 16. The van der Waals surface area contributed by atoms with Gasteiger partial charge in [0.15, 0.2) is 0 Å². The molecule has 1 unspecified atom stereocenters. The summed E-state index contributed by atoms with van der Waals surface area (Å²) in [6.07, 6.45) is 3.81. The lowest BCUT2D eigenvalue weighted by atomic mass is 10.1. The molecule has 2 amide bonds. The van der Waals surface area contributed by atoms with Crippen molar-refractivity contribution in [2.45, 2.75) is 58.5 Å². The van der Waals surface area contributed by atoms with Gasteiger partial charge in [0.05, 0.1) is 26.2 Å². The zero-order valence-corrected chi connectivity index (χ0v) is 23.9. The van der Waals surface area contributed by atoms with E-state index >= 15 is 0 Å². The van der Waals surface area contributed by atoms with Gasteiger partial charge >= 0.3 is 0 Å². The van der Waals surface area contributed by atoms with Gasteiger partial charge in [-0.3, -0.25) is 13.9 Å². The molecule has 1 atom stereocenters. The lowest BCUT2D eigenvalue weighted by Crippen LogP contribution is -2.49. The van der Waals surface area contributed by atoms with Crippen molar-refractivity contribution in [1.82, 2.24) is 10.2 Å². The SMILES string of the molecule is CCCCNC(=O)C(CC)N(Cc1ccc(OC)cc1)C(=O)CCCN(c1ccc(OC)cc1)S(C)(=O)=O. The lowest BCUT2D eigenvalue weighted by Gasteiger charge is -2.31. The monoisotopic (exact) mass is 547 g/mol. The molecule has 0 spiro atoms. The minimum atomic E-state index is -3.57. The maximum absolute atomic E-state index is 13.5. The predicted molar refractivity (Wildman–Crippen MR) is 150 cm³/mol. The average molecular weight is 548 g/mol. The van der Waals surface area contributed by atoms with E-state index in [2.05, 4.69) is 12.2 Å². The van der Waals surface area contributed by atoms with Gasteiger partial charge in [0.25, 0.3) is 0 Å². The number of amides is 2. The maximum Gasteiger partial charge on any atom is 0.242 e. The fourth-order valence-corrected chi connectivity index (χ4v) is 5.07. The smallest absolute Gasteiger partial charge is 0.242 e. The second-order valence-electron chi connectivity index (χ2n) is 9.08. The highest BCUT2D eigenvalue weighted by Gasteiger charge is 2.28. The Morgan fingerprint density at radius 2 is 1.50 bits per heavy atom. The lowest BCUT2D eigenvalue weighted by molar-refractivity contribution is -0.141. The number of hydrogen-bond acceptors (Lipinski definition) is 6. The van der Waals surface area contributed by atoms with E-state index in [0.29, 0.717) is 36.6 Å². The van der Waals surface area contributed by atoms with Crippen molar-refractivity contribution < 1.29 is 27.5 Å². The van der Waals surface area contributed by atoms with Gasteiger partial charge in [-0.15, -0.1) is 0 Å². The summed E-state index contributed by atoms with van der Waals surface area (Å²) in [6, 6.07) is 13.5. The summed E-state index contributed by atoms with van der Waals surface area (Å²) in [5, 5.41) is 2.95. The van der Waals surface area contributed by atoms with Crippen molar-refractivity contribution in [1.29, 1.82) is 0 Å². The predicted octanol–water partition coefficient (Wildman–Crippen LogP) is 3.97. The highest BCUT2D eigenvalue weighted by atomic mass is 32.2. The van der Waals surface area contributed by atoms with Crippen LogP contribution in [0.4, 0.5) is 5.69 Å². The maximum atomic E-state index is 13.5. The van der Waals surface area contributed by atoms with Crippen LogP contribution >= 0.6 is 0 Å². The molecule has 2 aromatic carbocycles. The molecule has 2 rings (SSSR count). The van der Waals surface area contributed by atoms with Crippen LogP contribution in [0.1, 0.15) is 51.5 Å². The standard InChI is InChI=1S/C28H41N3O6S/c1-6-8-19-29-28(33)26(7-2)30(21-22-11-15-24(36-3)16-12-22)27(32)10-9-20-31(38(5,34)35)23-13-17-25(37-4)18-14-23/h11-18,26H,6-10,19-21H2,1-5H3,(H,29,33). The Hall–Kier alpha value is -3.27. The minimum Gasteiger partial charge on any atom is -0.497 e. The number of hydrogen-bond donors (Lipinski definition) is 1. The van der Waals surface area contributed by atoms with E-state index in [0.717, 1.165) is 24.7 Å². The molecule has 9 nitrogen and oxygen atoms in total. The van der Waals surface area contributed by atoms with Crippen molar-refractivity contribution in [2.75, 3.05) is 37.9 Å². The van der Waals surface area contributed by atoms with E-state index in [1.54, 1.807) is 43.4 Å². The number of benzene rings is 2. The van der Waals surface area contributed by atoms with E-state index in [1.165, 1.54) is 4.31 Å². The van der Waals surface area contributed by atoms with Crippen LogP contribution in [0.25, 0.3) is 0 Å². The largest absolute Gasteiger partial charge is 0.497 e. The average Bonchev–Trinajstić information content (AvgIpc) is 2.90. The van der Waals surface area contributed by atoms with Crippen molar-refractivity contribution in [2.24, 2.45) is 0 Å². The highest BCUT2D eigenvalue weighted by molar-refractivity contribution is 7.92. The molecule has 2 aromatic rings. The fraction of sp³-hybridized carbons (Fsp3) is 0.500. The van der Waals surface area contributed by atoms with E-state index in [1.807, 2.05) is 31.2 Å². The third-order valence-corrected chi connectivity index (χ3v) is 7.43. The number of nitrogens with one attached hydrogen (secondary N) is 1. The van der Waals surface area contributed by atoms with Crippen LogP contribution in [0, 0.1) is 0 Å². The second-order valence-corrected chi connectivity index (χ2v) is 11.0. The van der Waals surface area contributed by atoms with Gasteiger partial charge in [0.1, 0.15) is 17.5 Å². The van der Waals surface area contributed by atoms with Crippen molar-refractivity contribution in [3.05, 3.63) is 54.1 Å². The third-order valence-electron chi connectivity index (χ3n) is 6.24. The highest BCUT2D eigenvalue weighted by Crippen LogP contribution is 2.23. The number of nitrogens with zero attached hydrogens (tertiary/aromatic N) is 2. The van der Waals surface area contributed by atoms with E-state index in [9.17, 15) is 18.0 Å². The summed E-state index contributed by atoms with van der Waals surface area (Å²) in [7, 11) is -0.437. The van der Waals surface area contributed by atoms with Gasteiger partial charge < -0.3 is 19.7 Å². The minimum absolute atomic E-state index is 0.0943. The first kappa shape index (κ1) is 31.0. The third kappa shape index (κ3) is 9.24. The number of carbonyl (C=O) groups is 2. The first-order valence-electron chi connectivity index (χ1n) is 13.0.